The molecule has 0 N–H and O–H groups in total. The lowest BCUT2D eigenvalue weighted by Crippen LogP contribution is -2.28. The van der Waals surface area contributed by atoms with Crippen molar-refractivity contribution in [3.05, 3.63) is 90.2 Å². The SMILES string of the molecule is CN(c1ccccc1)S(=O)(=O)c1ccccc1C(=O)OCCOc1ccccc1F. The van der Waals surface area contributed by atoms with E-state index >= 15 is 0 Å². The molecule has 0 aliphatic heterocycles. The van der Waals surface area contributed by atoms with Gasteiger partial charge < -0.3 is 9.47 Å². The van der Waals surface area contributed by atoms with E-state index in [9.17, 15) is 17.6 Å². The van der Waals surface area contributed by atoms with Gasteiger partial charge in [0.15, 0.2) is 11.6 Å². The fraction of sp³-hybridized carbons (Fsp3) is 0.136. The zero-order chi connectivity index (χ0) is 21.6. The van der Waals surface area contributed by atoms with Crippen LogP contribution >= 0.6 is 0 Å². The topological polar surface area (TPSA) is 72.9 Å². The molecule has 0 heterocycles. The lowest BCUT2D eigenvalue weighted by atomic mass is 10.2. The highest BCUT2D eigenvalue weighted by molar-refractivity contribution is 7.92. The molecule has 0 aliphatic rings. The molecule has 0 fully saturated rings. The Bertz CT molecular complexity index is 1120. The number of carbonyl (C=O) groups is 1. The average molecular weight is 429 g/mol. The van der Waals surface area contributed by atoms with Crippen molar-refractivity contribution in [3.8, 4) is 5.75 Å². The number of hydrogen-bond donors (Lipinski definition) is 0. The van der Waals surface area contributed by atoms with Gasteiger partial charge in [0.25, 0.3) is 10.0 Å². The number of esters is 1. The Balaban J connectivity index is 1.71. The van der Waals surface area contributed by atoms with Crippen LogP contribution in [0.15, 0.2) is 83.8 Å². The molecule has 3 aromatic rings. The zero-order valence-corrected chi connectivity index (χ0v) is 17.0. The summed E-state index contributed by atoms with van der Waals surface area (Å²) < 4.78 is 51.1. The summed E-state index contributed by atoms with van der Waals surface area (Å²) in [5.74, 6) is -1.29. The number of sulfonamides is 1. The fourth-order valence-corrected chi connectivity index (χ4v) is 4.08. The second-order valence-electron chi connectivity index (χ2n) is 6.22. The number of carbonyl (C=O) groups excluding carboxylic acids is 1. The first kappa shape index (κ1) is 21.3. The molecule has 6 nitrogen and oxygen atoms in total. The van der Waals surface area contributed by atoms with Gasteiger partial charge in [-0.25, -0.2) is 17.6 Å². The van der Waals surface area contributed by atoms with E-state index < -0.39 is 21.8 Å². The van der Waals surface area contributed by atoms with Gasteiger partial charge in [-0.05, 0) is 36.4 Å². The van der Waals surface area contributed by atoms with Gasteiger partial charge in [-0.15, -0.1) is 0 Å². The fourth-order valence-electron chi connectivity index (χ4n) is 2.71. The van der Waals surface area contributed by atoms with Crippen molar-refractivity contribution < 1.29 is 27.1 Å². The molecule has 3 aromatic carbocycles. The largest absolute Gasteiger partial charge is 0.487 e. The third-order valence-electron chi connectivity index (χ3n) is 4.28. The zero-order valence-electron chi connectivity index (χ0n) is 16.2. The normalized spacial score (nSPS) is 11.0. The molecule has 0 unspecified atom stereocenters. The van der Waals surface area contributed by atoms with Gasteiger partial charge in [-0.3, -0.25) is 4.31 Å². The van der Waals surface area contributed by atoms with E-state index in [2.05, 4.69) is 0 Å². The number of rotatable bonds is 8. The number of hydrogen-bond acceptors (Lipinski definition) is 5. The Morgan fingerprint density at radius 3 is 2.27 bits per heavy atom. The second kappa shape index (κ2) is 9.41. The predicted molar refractivity (Wildman–Crippen MR) is 111 cm³/mol. The highest BCUT2D eigenvalue weighted by atomic mass is 32.2. The number of ether oxygens (including phenoxy) is 2. The first-order valence-corrected chi connectivity index (χ1v) is 10.5. The number of nitrogens with zero attached hydrogens (tertiary/aromatic N) is 1. The number of anilines is 1. The molecule has 0 aromatic heterocycles. The van der Waals surface area contributed by atoms with Crippen LogP contribution in [0, 0.1) is 5.82 Å². The van der Waals surface area contributed by atoms with Gasteiger partial charge in [0.2, 0.25) is 0 Å². The van der Waals surface area contributed by atoms with E-state index in [-0.39, 0.29) is 29.4 Å². The van der Waals surface area contributed by atoms with Crippen LogP contribution in [-0.4, -0.2) is 34.6 Å². The molecular weight excluding hydrogens is 409 g/mol. The molecule has 0 aliphatic carbocycles. The van der Waals surface area contributed by atoms with Crippen molar-refractivity contribution in [3.63, 3.8) is 0 Å². The quantitative estimate of drug-likeness (QED) is 0.401. The maximum absolute atomic E-state index is 13.5. The van der Waals surface area contributed by atoms with Gasteiger partial charge >= 0.3 is 5.97 Å². The highest BCUT2D eigenvalue weighted by Crippen LogP contribution is 2.25. The summed E-state index contributed by atoms with van der Waals surface area (Å²) in [6, 6.07) is 20.2. The van der Waals surface area contributed by atoms with Crippen molar-refractivity contribution in [2.75, 3.05) is 24.6 Å². The average Bonchev–Trinajstić information content (AvgIpc) is 2.77. The first-order chi connectivity index (χ1) is 14.4. The molecule has 0 atom stereocenters. The van der Waals surface area contributed by atoms with Crippen LogP contribution in [0.5, 0.6) is 5.75 Å². The van der Waals surface area contributed by atoms with Gasteiger partial charge in [-0.2, -0.15) is 0 Å². The maximum atomic E-state index is 13.5. The summed E-state index contributed by atoms with van der Waals surface area (Å²) in [4.78, 5) is 12.3. The van der Waals surface area contributed by atoms with Crippen LogP contribution in [0.4, 0.5) is 10.1 Å². The van der Waals surface area contributed by atoms with Gasteiger partial charge in [0, 0.05) is 7.05 Å². The van der Waals surface area contributed by atoms with E-state index in [0.29, 0.717) is 5.69 Å². The Hall–Kier alpha value is -3.39. The first-order valence-electron chi connectivity index (χ1n) is 9.08. The van der Waals surface area contributed by atoms with Crippen LogP contribution in [0.25, 0.3) is 0 Å². The summed E-state index contributed by atoms with van der Waals surface area (Å²) in [5.41, 5.74) is 0.366. The summed E-state index contributed by atoms with van der Waals surface area (Å²) in [5, 5.41) is 0. The molecule has 156 valence electrons. The molecule has 0 saturated heterocycles. The standard InChI is InChI=1S/C22H20FNO5S/c1-24(17-9-3-2-4-10-17)30(26,27)21-14-8-5-11-18(21)22(25)29-16-15-28-20-13-7-6-12-19(20)23/h2-14H,15-16H2,1H3. The minimum atomic E-state index is -4.00. The minimum absolute atomic E-state index is 0.0426. The molecule has 0 spiro atoms. The Morgan fingerprint density at radius 2 is 1.53 bits per heavy atom. The molecule has 30 heavy (non-hydrogen) atoms. The third kappa shape index (κ3) is 4.77. The van der Waals surface area contributed by atoms with Crippen LogP contribution < -0.4 is 9.04 Å². The van der Waals surface area contributed by atoms with Gasteiger partial charge in [0.1, 0.15) is 18.1 Å². The highest BCUT2D eigenvalue weighted by Gasteiger charge is 2.27. The smallest absolute Gasteiger partial charge is 0.339 e. The van der Waals surface area contributed by atoms with E-state index in [1.807, 2.05) is 0 Å². The van der Waals surface area contributed by atoms with E-state index in [0.717, 1.165) is 4.31 Å². The van der Waals surface area contributed by atoms with Crippen molar-refractivity contribution in [1.82, 2.24) is 0 Å². The number of halogens is 1. The minimum Gasteiger partial charge on any atom is -0.487 e. The Labute approximate surface area is 174 Å². The van der Waals surface area contributed by atoms with Crippen LogP contribution in [0.2, 0.25) is 0 Å². The summed E-state index contributed by atoms with van der Waals surface area (Å²) >= 11 is 0. The lowest BCUT2D eigenvalue weighted by Gasteiger charge is -2.20. The van der Waals surface area contributed by atoms with Crippen molar-refractivity contribution in [2.45, 2.75) is 4.90 Å². The van der Waals surface area contributed by atoms with Crippen molar-refractivity contribution in [2.24, 2.45) is 0 Å². The monoisotopic (exact) mass is 429 g/mol. The number of para-hydroxylation sites is 2. The summed E-state index contributed by atoms with van der Waals surface area (Å²) in [6.07, 6.45) is 0. The summed E-state index contributed by atoms with van der Waals surface area (Å²) in [7, 11) is -2.58. The van der Waals surface area contributed by atoms with E-state index in [1.165, 1.54) is 43.4 Å². The van der Waals surface area contributed by atoms with Gasteiger partial charge in [0.05, 0.1) is 11.3 Å². The van der Waals surface area contributed by atoms with Crippen molar-refractivity contribution in [1.29, 1.82) is 0 Å². The molecule has 0 amide bonds. The second-order valence-corrected chi connectivity index (χ2v) is 8.16. The van der Waals surface area contributed by atoms with Gasteiger partial charge in [-0.1, -0.05) is 42.5 Å². The molecule has 8 heteroatoms. The lowest BCUT2D eigenvalue weighted by molar-refractivity contribution is 0.0444. The van der Waals surface area contributed by atoms with E-state index in [4.69, 9.17) is 9.47 Å². The summed E-state index contributed by atoms with van der Waals surface area (Å²) in [6.45, 7) is -0.248. The molecule has 0 bridgehead atoms. The number of benzene rings is 3. The van der Waals surface area contributed by atoms with E-state index in [1.54, 1.807) is 42.5 Å². The molecular formula is C22H20FNO5S. The molecule has 3 rings (SSSR count). The maximum Gasteiger partial charge on any atom is 0.339 e. The van der Waals surface area contributed by atoms with Crippen LogP contribution in [0.3, 0.4) is 0 Å². The Morgan fingerprint density at radius 1 is 0.900 bits per heavy atom. The Kier molecular flexibility index (Phi) is 6.68. The third-order valence-corrected chi connectivity index (χ3v) is 6.12. The van der Waals surface area contributed by atoms with Crippen LogP contribution in [0.1, 0.15) is 10.4 Å². The predicted octanol–water partition coefficient (Wildman–Crippen LogP) is 3.89. The molecule has 0 radical (unpaired) electrons. The van der Waals surface area contributed by atoms with Crippen molar-refractivity contribution >= 4 is 21.7 Å². The molecule has 0 saturated carbocycles. The van der Waals surface area contributed by atoms with Crippen LogP contribution in [-0.2, 0) is 14.8 Å².